The number of pyridine rings is 1. The second-order valence-electron chi connectivity index (χ2n) is 5.89. The zero-order valence-corrected chi connectivity index (χ0v) is 14.2. The van der Waals surface area contributed by atoms with Gasteiger partial charge in [-0.25, -0.2) is 21.9 Å². The van der Waals surface area contributed by atoms with E-state index in [0.29, 0.717) is 31.6 Å². The van der Waals surface area contributed by atoms with Gasteiger partial charge in [0.05, 0.1) is 6.04 Å². The molecule has 5 nitrogen and oxygen atoms in total. The Balaban J connectivity index is 1.97. The summed E-state index contributed by atoms with van der Waals surface area (Å²) in [4.78, 5) is 3.06. The van der Waals surface area contributed by atoms with E-state index in [1.54, 1.807) is 24.5 Å². The van der Waals surface area contributed by atoms with Gasteiger partial charge in [-0.15, -0.1) is 0 Å². The van der Waals surface area contributed by atoms with Crippen LogP contribution >= 0.6 is 0 Å². The third kappa shape index (κ3) is 4.02. The second kappa shape index (κ2) is 7.55. The summed E-state index contributed by atoms with van der Waals surface area (Å²) in [5.74, 6) is -2.30. The van der Waals surface area contributed by atoms with Gasteiger partial charge in [0.2, 0.25) is 10.0 Å². The first kappa shape index (κ1) is 17.9. The van der Waals surface area contributed by atoms with Crippen LogP contribution in [-0.4, -0.2) is 26.6 Å². The maximum absolute atomic E-state index is 13.9. The molecule has 0 radical (unpaired) electrons. The lowest BCUT2D eigenvalue weighted by atomic mass is 9.88. The molecule has 1 aromatic heterocycles. The number of nitrogens with zero attached hydrogens (tertiary/aromatic N) is 1. The number of sulfonamides is 1. The van der Waals surface area contributed by atoms with Crippen molar-refractivity contribution in [1.29, 1.82) is 0 Å². The number of ether oxygens (including phenoxy) is 1. The van der Waals surface area contributed by atoms with Gasteiger partial charge in [-0.05, 0) is 42.5 Å². The number of halogens is 2. The van der Waals surface area contributed by atoms with Gasteiger partial charge in [-0.2, -0.15) is 0 Å². The average Bonchev–Trinajstić information content (AvgIpc) is 2.61. The third-order valence-corrected chi connectivity index (χ3v) is 5.74. The Morgan fingerprint density at radius 1 is 1.12 bits per heavy atom. The second-order valence-corrected chi connectivity index (χ2v) is 7.54. The smallest absolute Gasteiger partial charge is 0.246 e. The molecule has 0 bridgehead atoms. The Morgan fingerprint density at radius 3 is 2.40 bits per heavy atom. The summed E-state index contributed by atoms with van der Waals surface area (Å²) in [7, 11) is -4.39. The molecule has 134 valence electrons. The van der Waals surface area contributed by atoms with E-state index in [-0.39, 0.29) is 5.92 Å². The van der Waals surface area contributed by atoms with Crippen LogP contribution in [0.4, 0.5) is 8.78 Å². The van der Waals surface area contributed by atoms with Crippen LogP contribution in [0.1, 0.15) is 24.4 Å². The van der Waals surface area contributed by atoms with Crippen LogP contribution in [0, 0.1) is 17.6 Å². The summed E-state index contributed by atoms with van der Waals surface area (Å²) >= 11 is 0. The largest absolute Gasteiger partial charge is 0.381 e. The van der Waals surface area contributed by atoms with Crippen LogP contribution in [0.25, 0.3) is 0 Å². The molecule has 0 saturated carbocycles. The van der Waals surface area contributed by atoms with E-state index in [9.17, 15) is 17.2 Å². The van der Waals surface area contributed by atoms with Gasteiger partial charge in [-0.1, -0.05) is 12.1 Å². The number of aromatic nitrogens is 1. The molecule has 0 unspecified atom stereocenters. The number of hydrogen-bond acceptors (Lipinski definition) is 4. The quantitative estimate of drug-likeness (QED) is 0.881. The molecule has 1 atom stereocenters. The highest BCUT2D eigenvalue weighted by Crippen LogP contribution is 2.32. The fraction of sp³-hybridized carbons (Fsp3) is 0.353. The standard InChI is InChI=1S/C17H18F2N2O3S/c18-14-4-1-5-15(19)17(14)25(22,23)21-16(12-6-9-24-10-7-12)13-3-2-8-20-11-13/h1-5,8,11-12,16,21H,6-7,9-10H2/t16-/m1/s1. The molecule has 0 spiro atoms. The summed E-state index contributed by atoms with van der Waals surface area (Å²) in [6.45, 7) is 1.02. The first-order valence-electron chi connectivity index (χ1n) is 7.93. The van der Waals surface area contributed by atoms with Crippen molar-refractivity contribution in [1.82, 2.24) is 9.71 Å². The molecule has 1 fully saturated rings. The summed E-state index contributed by atoms with van der Waals surface area (Å²) in [5, 5.41) is 0. The third-order valence-electron chi connectivity index (χ3n) is 4.25. The molecular weight excluding hydrogens is 350 g/mol. The minimum Gasteiger partial charge on any atom is -0.381 e. The van der Waals surface area contributed by atoms with Crippen molar-refractivity contribution in [3.63, 3.8) is 0 Å². The van der Waals surface area contributed by atoms with Crippen LogP contribution in [0.2, 0.25) is 0 Å². The maximum Gasteiger partial charge on any atom is 0.246 e. The fourth-order valence-corrected chi connectivity index (χ4v) is 4.44. The summed E-state index contributed by atoms with van der Waals surface area (Å²) in [5.41, 5.74) is 0.648. The Kier molecular flexibility index (Phi) is 5.41. The van der Waals surface area contributed by atoms with Gasteiger partial charge in [0.25, 0.3) is 0 Å². The molecule has 0 amide bonds. The van der Waals surface area contributed by atoms with Gasteiger partial charge in [0.15, 0.2) is 4.90 Å². The van der Waals surface area contributed by atoms with Crippen LogP contribution in [0.5, 0.6) is 0 Å². The minimum absolute atomic E-state index is 0.0532. The van der Waals surface area contributed by atoms with Crippen molar-refractivity contribution in [2.24, 2.45) is 5.92 Å². The Morgan fingerprint density at radius 2 is 1.80 bits per heavy atom. The van der Waals surface area contributed by atoms with Crippen LogP contribution in [-0.2, 0) is 14.8 Å². The van der Waals surface area contributed by atoms with E-state index in [1.807, 2.05) is 0 Å². The molecule has 1 N–H and O–H groups in total. The molecule has 0 aliphatic carbocycles. The highest BCUT2D eigenvalue weighted by atomic mass is 32.2. The molecule has 1 aliphatic heterocycles. The minimum atomic E-state index is -4.39. The van der Waals surface area contributed by atoms with E-state index in [0.717, 1.165) is 18.2 Å². The summed E-state index contributed by atoms with van der Waals surface area (Å²) < 4.78 is 61.0. The van der Waals surface area contributed by atoms with Gasteiger partial charge in [-0.3, -0.25) is 4.98 Å². The van der Waals surface area contributed by atoms with Gasteiger partial charge >= 0.3 is 0 Å². The maximum atomic E-state index is 13.9. The molecular formula is C17H18F2N2O3S. The van der Waals surface area contributed by atoms with Crippen LogP contribution in [0.3, 0.4) is 0 Å². The zero-order valence-electron chi connectivity index (χ0n) is 13.4. The first-order chi connectivity index (χ1) is 12.0. The normalized spacial score (nSPS) is 17.4. The molecule has 1 aliphatic rings. The monoisotopic (exact) mass is 368 g/mol. The van der Waals surface area contributed by atoms with Crippen LogP contribution < -0.4 is 4.72 Å². The molecule has 8 heteroatoms. The topological polar surface area (TPSA) is 68.3 Å². The highest BCUT2D eigenvalue weighted by Gasteiger charge is 2.32. The van der Waals surface area contributed by atoms with Crippen molar-refractivity contribution in [3.8, 4) is 0 Å². The Hall–Kier alpha value is -1.90. The predicted octanol–water partition coefficient (Wildman–Crippen LogP) is 2.81. The Bertz CT molecular complexity index is 805. The molecule has 1 aromatic carbocycles. The van der Waals surface area contributed by atoms with Crippen molar-refractivity contribution in [2.45, 2.75) is 23.8 Å². The van der Waals surface area contributed by atoms with Crippen LogP contribution in [0.15, 0.2) is 47.6 Å². The van der Waals surface area contributed by atoms with Crippen molar-refractivity contribution in [3.05, 3.63) is 59.9 Å². The van der Waals surface area contributed by atoms with E-state index in [2.05, 4.69) is 9.71 Å². The lowest BCUT2D eigenvalue weighted by molar-refractivity contribution is 0.0564. The van der Waals surface area contributed by atoms with Gasteiger partial charge < -0.3 is 4.74 Å². The number of benzene rings is 1. The molecule has 2 aromatic rings. The number of rotatable bonds is 5. The Labute approximate surface area is 145 Å². The zero-order chi connectivity index (χ0) is 17.9. The number of hydrogen-bond donors (Lipinski definition) is 1. The fourth-order valence-electron chi connectivity index (χ4n) is 3.01. The van der Waals surface area contributed by atoms with E-state index in [1.165, 1.54) is 0 Å². The lowest BCUT2D eigenvalue weighted by Gasteiger charge is -2.31. The SMILES string of the molecule is O=S(=O)(N[C@@H](c1cccnc1)C1CCOCC1)c1c(F)cccc1F. The highest BCUT2D eigenvalue weighted by molar-refractivity contribution is 7.89. The van der Waals surface area contributed by atoms with Crippen molar-refractivity contribution < 1.29 is 21.9 Å². The molecule has 3 rings (SSSR count). The number of nitrogens with one attached hydrogen (secondary N) is 1. The van der Waals surface area contributed by atoms with E-state index in [4.69, 9.17) is 4.74 Å². The van der Waals surface area contributed by atoms with Crippen molar-refractivity contribution in [2.75, 3.05) is 13.2 Å². The summed E-state index contributed by atoms with van der Waals surface area (Å²) in [6, 6.07) is 5.77. The molecule has 25 heavy (non-hydrogen) atoms. The molecule has 2 heterocycles. The summed E-state index contributed by atoms with van der Waals surface area (Å²) in [6.07, 6.45) is 4.42. The first-order valence-corrected chi connectivity index (χ1v) is 9.41. The van der Waals surface area contributed by atoms with E-state index < -0.39 is 32.6 Å². The van der Waals surface area contributed by atoms with Crippen molar-refractivity contribution >= 4 is 10.0 Å². The van der Waals surface area contributed by atoms with Gasteiger partial charge in [0.1, 0.15) is 11.6 Å². The van der Waals surface area contributed by atoms with Gasteiger partial charge in [0, 0.05) is 25.6 Å². The predicted molar refractivity (Wildman–Crippen MR) is 87.2 cm³/mol. The van der Waals surface area contributed by atoms with E-state index >= 15 is 0 Å². The lowest BCUT2D eigenvalue weighted by Crippen LogP contribution is -2.36. The molecule has 1 saturated heterocycles. The average molecular weight is 368 g/mol.